The number of hydrogen-bond acceptors (Lipinski definition) is 4. The molecule has 3 aromatic rings. The number of benzene rings is 2. The highest BCUT2D eigenvalue weighted by molar-refractivity contribution is 7.09. The molecule has 1 amide bonds. The van der Waals surface area contributed by atoms with Crippen molar-refractivity contribution in [1.29, 1.82) is 0 Å². The average Bonchev–Trinajstić information content (AvgIpc) is 3.21. The molecule has 0 atom stereocenters. The first-order chi connectivity index (χ1) is 13.2. The molecule has 1 aliphatic rings. The van der Waals surface area contributed by atoms with Crippen molar-refractivity contribution < 1.29 is 4.79 Å². The standard InChI is InChI=1S/C22H23N3OS/c1-24(16-21-23-11-13-27-21)22(26)19-8-6-17(7-9-19)14-25-12-10-18-4-2-3-5-20(18)15-25/h2-9,11,13H,10,12,14-16H2,1H3. The maximum Gasteiger partial charge on any atom is 0.253 e. The van der Waals surface area contributed by atoms with Gasteiger partial charge in [0.05, 0.1) is 6.54 Å². The van der Waals surface area contributed by atoms with Gasteiger partial charge < -0.3 is 4.90 Å². The third-order valence-corrected chi connectivity index (χ3v) is 5.78. The topological polar surface area (TPSA) is 36.4 Å². The van der Waals surface area contributed by atoms with Crippen LogP contribution in [0.2, 0.25) is 0 Å². The molecule has 0 N–H and O–H groups in total. The molecule has 4 nitrogen and oxygen atoms in total. The van der Waals surface area contributed by atoms with E-state index in [-0.39, 0.29) is 5.91 Å². The van der Waals surface area contributed by atoms with Crippen LogP contribution >= 0.6 is 11.3 Å². The SMILES string of the molecule is CN(Cc1nccs1)C(=O)c1ccc(CN2CCc3ccccc3C2)cc1. The number of hydrogen-bond donors (Lipinski definition) is 0. The van der Waals surface area contributed by atoms with E-state index in [0.29, 0.717) is 6.54 Å². The van der Waals surface area contributed by atoms with E-state index < -0.39 is 0 Å². The number of amides is 1. The summed E-state index contributed by atoms with van der Waals surface area (Å²) in [4.78, 5) is 21.0. The van der Waals surface area contributed by atoms with E-state index >= 15 is 0 Å². The van der Waals surface area contributed by atoms with Crippen LogP contribution < -0.4 is 0 Å². The maximum absolute atomic E-state index is 12.6. The first-order valence-corrected chi connectivity index (χ1v) is 10.1. The molecule has 27 heavy (non-hydrogen) atoms. The summed E-state index contributed by atoms with van der Waals surface area (Å²) < 4.78 is 0. The van der Waals surface area contributed by atoms with Crippen LogP contribution in [0.3, 0.4) is 0 Å². The highest BCUT2D eigenvalue weighted by Crippen LogP contribution is 2.20. The second-order valence-corrected chi connectivity index (χ2v) is 7.99. The van der Waals surface area contributed by atoms with Crippen LogP contribution in [0.4, 0.5) is 0 Å². The number of aromatic nitrogens is 1. The van der Waals surface area contributed by atoms with E-state index in [1.165, 1.54) is 16.7 Å². The monoisotopic (exact) mass is 377 g/mol. The molecular formula is C22H23N3OS. The van der Waals surface area contributed by atoms with E-state index in [1.807, 2.05) is 24.6 Å². The molecule has 0 saturated carbocycles. The maximum atomic E-state index is 12.6. The lowest BCUT2D eigenvalue weighted by molar-refractivity contribution is 0.0785. The second-order valence-electron chi connectivity index (χ2n) is 7.01. The Morgan fingerprint density at radius 1 is 1.15 bits per heavy atom. The molecule has 4 rings (SSSR count). The molecule has 0 unspecified atom stereocenters. The molecule has 0 bridgehead atoms. The van der Waals surface area contributed by atoms with Crippen molar-refractivity contribution in [3.05, 3.63) is 87.4 Å². The summed E-state index contributed by atoms with van der Waals surface area (Å²) >= 11 is 1.57. The zero-order valence-electron chi connectivity index (χ0n) is 15.5. The summed E-state index contributed by atoms with van der Waals surface area (Å²) in [5, 5.41) is 2.88. The van der Waals surface area contributed by atoms with Crippen molar-refractivity contribution in [2.75, 3.05) is 13.6 Å². The van der Waals surface area contributed by atoms with E-state index in [4.69, 9.17) is 0 Å². The Bertz CT molecular complexity index is 906. The summed E-state index contributed by atoms with van der Waals surface area (Å²) in [6.07, 6.45) is 2.88. The molecule has 2 aromatic carbocycles. The summed E-state index contributed by atoms with van der Waals surface area (Å²) in [5.74, 6) is 0.0312. The molecule has 0 spiro atoms. The molecular weight excluding hydrogens is 354 g/mol. The van der Waals surface area contributed by atoms with Gasteiger partial charge in [0, 0.05) is 43.8 Å². The van der Waals surface area contributed by atoms with E-state index in [0.717, 1.165) is 36.6 Å². The number of thiazole rings is 1. The Balaban J connectivity index is 1.37. The summed E-state index contributed by atoms with van der Waals surface area (Å²) in [6, 6.07) is 16.7. The van der Waals surface area contributed by atoms with Gasteiger partial charge in [-0.25, -0.2) is 4.98 Å². The number of rotatable bonds is 5. The fraction of sp³-hybridized carbons (Fsp3) is 0.273. The number of nitrogens with zero attached hydrogens (tertiary/aromatic N) is 3. The van der Waals surface area contributed by atoms with Crippen LogP contribution in [0.15, 0.2) is 60.1 Å². The Morgan fingerprint density at radius 2 is 1.93 bits per heavy atom. The molecule has 0 saturated heterocycles. The number of carbonyl (C=O) groups is 1. The Morgan fingerprint density at radius 3 is 2.67 bits per heavy atom. The predicted octanol–water partition coefficient (Wildman–Crippen LogP) is 3.97. The third kappa shape index (κ3) is 4.26. The first kappa shape index (κ1) is 17.9. The minimum Gasteiger partial charge on any atom is -0.335 e. The van der Waals surface area contributed by atoms with Crippen molar-refractivity contribution in [3.8, 4) is 0 Å². The zero-order valence-corrected chi connectivity index (χ0v) is 16.3. The fourth-order valence-electron chi connectivity index (χ4n) is 3.53. The van der Waals surface area contributed by atoms with E-state index in [9.17, 15) is 4.79 Å². The van der Waals surface area contributed by atoms with Gasteiger partial charge in [0.25, 0.3) is 5.91 Å². The van der Waals surface area contributed by atoms with Crippen LogP contribution in [-0.4, -0.2) is 34.3 Å². The zero-order chi connectivity index (χ0) is 18.6. The Hall–Kier alpha value is -2.50. The minimum atomic E-state index is 0.0312. The molecule has 138 valence electrons. The molecule has 0 aliphatic carbocycles. The van der Waals surface area contributed by atoms with Crippen LogP contribution in [0.5, 0.6) is 0 Å². The van der Waals surface area contributed by atoms with Crippen LogP contribution in [-0.2, 0) is 26.1 Å². The highest BCUT2D eigenvalue weighted by atomic mass is 32.1. The molecule has 1 aliphatic heterocycles. The second kappa shape index (κ2) is 8.03. The molecule has 0 radical (unpaired) electrons. The number of fused-ring (bicyclic) bond motifs is 1. The van der Waals surface area contributed by atoms with Gasteiger partial charge in [-0.2, -0.15) is 0 Å². The quantitative estimate of drug-likeness (QED) is 0.675. The van der Waals surface area contributed by atoms with E-state index in [2.05, 4.69) is 46.3 Å². The van der Waals surface area contributed by atoms with Crippen molar-refractivity contribution >= 4 is 17.2 Å². The van der Waals surface area contributed by atoms with Crippen LogP contribution in [0.25, 0.3) is 0 Å². The van der Waals surface area contributed by atoms with Crippen LogP contribution in [0.1, 0.15) is 32.1 Å². The van der Waals surface area contributed by atoms with Crippen LogP contribution in [0, 0.1) is 0 Å². The van der Waals surface area contributed by atoms with Crippen molar-refractivity contribution in [1.82, 2.24) is 14.8 Å². The predicted molar refractivity (Wildman–Crippen MR) is 109 cm³/mol. The van der Waals surface area contributed by atoms with Crippen molar-refractivity contribution in [3.63, 3.8) is 0 Å². The van der Waals surface area contributed by atoms with Gasteiger partial charge in [-0.1, -0.05) is 36.4 Å². The summed E-state index contributed by atoms with van der Waals surface area (Å²) in [7, 11) is 1.82. The van der Waals surface area contributed by atoms with Gasteiger partial charge in [0.2, 0.25) is 0 Å². The van der Waals surface area contributed by atoms with Gasteiger partial charge in [0.15, 0.2) is 0 Å². The van der Waals surface area contributed by atoms with E-state index in [1.54, 1.807) is 22.4 Å². The van der Waals surface area contributed by atoms with Gasteiger partial charge >= 0.3 is 0 Å². The largest absolute Gasteiger partial charge is 0.335 e. The summed E-state index contributed by atoms with van der Waals surface area (Å²) in [5.41, 5.74) is 4.87. The Kier molecular flexibility index (Phi) is 5.32. The van der Waals surface area contributed by atoms with Gasteiger partial charge in [-0.3, -0.25) is 9.69 Å². The van der Waals surface area contributed by atoms with Gasteiger partial charge in [-0.15, -0.1) is 11.3 Å². The van der Waals surface area contributed by atoms with Gasteiger partial charge in [-0.05, 0) is 35.2 Å². The lowest BCUT2D eigenvalue weighted by atomic mass is 9.99. The molecule has 2 heterocycles. The third-order valence-electron chi connectivity index (χ3n) is 5.02. The fourth-order valence-corrected chi connectivity index (χ4v) is 4.19. The lowest BCUT2D eigenvalue weighted by Gasteiger charge is -2.28. The molecule has 0 fully saturated rings. The van der Waals surface area contributed by atoms with Gasteiger partial charge in [0.1, 0.15) is 5.01 Å². The van der Waals surface area contributed by atoms with Crippen molar-refractivity contribution in [2.24, 2.45) is 0 Å². The first-order valence-electron chi connectivity index (χ1n) is 9.21. The lowest BCUT2D eigenvalue weighted by Crippen LogP contribution is -2.30. The smallest absolute Gasteiger partial charge is 0.253 e. The summed E-state index contributed by atoms with van der Waals surface area (Å²) in [6.45, 7) is 3.53. The minimum absolute atomic E-state index is 0.0312. The Labute approximate surface area is 164 Å². The average molecular weight is 378 g/mol. The molecule has 1 aromatic heterocycles. The number of carbonyl (C=O) groups excluding carboxylic acids is 1. The molecule has 5 heteroatoms. The highest BCUT2D eigenvalue weighted by Gasteiger charge is 2.17. The van der Waals surface area contributed by atoms with Crippen molar-refractivity contribution in [2.45, 2.75) is 26.1 Å². The normalized spacial score (nSPS) is 14.0.